The second-order valence-electron chi connectivity index (χ2n) is 3.92. The van der Waals surface area contributed by atoms with Crippen LogP contribution in [0.3, 0.4) is 0 Å². The summed E-state index contributed by atoms with van der Waals surface area (Å²) in [6.45, 7) is 0. The van der Waals surface area contributed by atoms with Crippen LogP contribution in [-0.4, -0.2) is 4.98 Å². The Kier molecular flexibility index (Phi) is 3.49. The Hall–Kier alpha value is -1.80. The van der Waals surface area contributed by atoms with Gasteiger partial charge in [-0.15, -0.1) is 11.3 Å². The van der Waals surface area contributed by atoms with E-state index in [2.05, 4.69) is 11.1 Å². The van der Waals surface area contributed by atoms with Crippen molar-refractivity contribution in [2.45, 2.75) is 0 Å². The summed E-state index contributed by atoms with van der Waals surface area (Å²) in [5.74, 6) is 0.921. The van der Waals surface area contributed by atoms with Crippen molar-refractivity contribution in [3.05, 3.63) is 51.5 Å². The molecule has 2 heterocycles. The van der Waals surface area contributed by atoms with Gasteiger partial charge in [-0.1, -0.05) is 23.2 Å². The van der Waals surface area contributed by atoms with Gasteiger partial charge in [-0.2, -0.15) is 5.26 Å². The Morgan fingerprint density at radius 1 is 1.25 bits per heavy atom. The van der Waals surface area contributed by atoms with E-state index in [0.29, 0.717) is 27.1 Å². The van der Waals surface area contributed by atoms with Crippen molar-refractivity contribution in [1.82, 2.24) is 4.98 Å². The molecule has 3 aromatic rings. The number of benzene rings is 1. The van der Waals surface area contributed by atoms with Crippen molar-refractivity contribution < 1.29 is 4.74 Å². The molecule has 6 heteroatoms. The van der Waals surface area contributed by atoms with Crippen molar-refractivity contribution >= 4 is 44.8 Å². The maximum Gasteiger partial charge on any atom is 0.166 e. The lowest BCUT2D eigenvalue weighted by molar-refractivity contribution is 0.487. The van der Waals surface area contributed by atoms with Crippen LogP contribution >= 0.6 is 34.5 Å². The molecule has 20 heavy (non-hydrogen) atoms. The highest BCUT2D eigenvalue weighted by molar-refractivity contribution is 7.17. The fourth-order valence-electron chi connectivity index (χ4n) is 1.74. The standard InChI is InChI=1S/C14H6Cl2N2OS/c15-9-1-2-12(10(16)5-9)19-13-8(6-17)7-18-11-3-4-20-14(11)13/h1-5,7H. The van der Waals surface area contributed by atoms with Gasteiger partial charge in [0, 0.05) is 11.2 Å². The normalized spacial score (nSPS) is 10.4. The minimum atomic E-state index is 0.367. The number of ether oxygens (including phenoxy) is 1. The summed E-state index contributed by atoms with van der Waals surface area (Å²) in [5.41, 5.74) is 1.15. The molecule has 1 aromatic carbocycles. The first kappa shape index (κ1) is 13.2. The summed E-state index contributed by atoms with van der Waals surface area (Å²) in [7, 11) is 0. The Balaban J connectivity index is 2.14. The molecule has 0 aliphatic heterocycles. The summed E-state index contributed by atoms with van der Waals surface area (Å²) in [6.07, 6.45) is 1.49. The molecule has 98 valence electrons. The highest BCUT2D eigenvalue weighted by atomic mass is 35.5. The number of hydrogen-bond donors (Lipinski definition) is 0. The second kappa shape index (κ2) is 5.29. The number of thiophene rings is 1. The topological polar surface area (TPSA) is 45.9 Å². The summed E-state index contributed by atoms with van der Waals surface area (Å²) in [4.78, 5) is 4.20. The average Bonchev–Trinajstić information content (AvgIpc) is 2.90. The zero-order chi connectivity index (χ0) is 14.1. The zero-order valence-corrected chi connectivity index (χ0v) is 12.3. The molecule has 0 atom stereocenters. The summed E-state index contributed by atoms with van der Waals surface area (Å²) in [5, 5.41) is 12.0. The van der Waals surface area contributed by atoms with Crippen LogP contribution in [0, 0.1) is 11.3 Å². The van der Waals surface area contributed by atoms with Crippen LogP contribution in [0.2, 0.25) is 10.0 Å². The first-order valence-electron chi connectivity index (χ1n) is 5.58. The van der Waals surface area contributed by atoms with Gasteiger partial charge in [0.2, 0.25) is 0 Å². The van der Waals surface area contributed by atoms with Crippen molar-refractivity contribution in [2.75, 3.05) is 0 Å². The third-order valence-electron chi connectivity index (χ3n) is 2.65. The fourth-order valence-corrected chi connectivity index (χ4v) is 3.02. The summed E-state index contributed by atoms with van der Waals surface area (Å²) in [6, 6.07) is 8.90. The van der Waals surface area contributed by atoms with Gasteiger partial charge in [0.25, 0.3) is 0 Å². The molecule has 3 rings (SSSR count). The number of rotatable bonds is 2. The molecule has 0 spiro atoms. The lowest BCUT2D eigenvalue weighted by atomic mass is 10.2. The number of aromatic nitrogens is 1. The quantitative estimate of drug-likeness (QED) is 0.646. The molecular formula is C14H6Cl2N2OS. The van der Waals surface area contributed by atoms with Gasteiger partial charge in [-0.3, -0.25) is 4.98 Å². The van der Waals surface area contributed by atoms with Gasteiger partial charge in [0.1, 0.15) is 17.4 Å². The lowest BCUT2D eigenvalue weighted by Gasteiger charge is -2.09. The van der Waals surface area contributed by atoms with Crippen LogP contribution < -0.4 is 4.74 Å². The number of nitriles is 1. The zero-order valence-electron chi connectivity index (χ0n) is 9.93. The van der Waals surface area contributed by atoms with E-state index in [4.69, 9.17) is 27.9 Å². The summed E-state index contributed by atoms with van der Waals surface area (Å²) < 4.78 is 6.63. The summed E-state index contributed by atoms with van der Waals surface area (Å²) >= 11 is 13.4. The van der Waals surface area contributed by atoms with Gasteiger partial charge in [-0.25, -0.2) is 0 Å². The largest absolute Gasteiger partial charge is 0.453 e. The Morgan fingerprint density at radius 3 is 2.85 bits per heavy atom. The SMILES string of the molecule is N#Cc1cnc2ccsc2c1Oc1ccc(Cl)cc1Cl. The van der Waals surface area contributed by atoms with Crippen LogP contribution in [0.15, 0.2) is 35.8 Å². The molecule has 0 aliphatic carbocycles. The van der Waals surface area contributed by atoms with E-state index >= 15 is 0 Å². The molecule has 3 nitrogen and oxygen atoms in total. The number of pyridine rings is 1. The molecule has 0 aliphatic rings. The van der Waals surface area contributed by atoms with E-state index < -0.39 is 0 Å². The molecule has 0 unspecified atom stereocenters. The highest BCUT2D eigenvalue weighted by Crippen LogP contribution is 2.38. The second-order valence-corrected chi connectivity index (χ2v) is 5.68. The number of halogens is 2. The van der Waals surface area contributed by atoms with Crippen molar-refractivity contribution in [3.63, 3.8) is 0 Å². The van der Waals surface area contributed by atoms with Gasteiger partial charge >= 0.3 is 0 Å². The minimum Gasteiger partial charge on any atom is -0.453 e. The van der Waals surface area contributed by atoms with Gasteiger partial charge in [0.05, 0.1) is 15.2 Å². The van der Waals surface area contributed by atoms with Gasteiger partial charge in [-0.05, 0) is 29.6 Å². The monoisotopic (exact) mass is 320 g/mol. The predicted octanol–water partition coefficient (Wildman–Crippen LogP) is 5.27. The molecule has 0 bridgehead atoms. The van der Waals surface area contributed by atoms with Crippen molar-refractivity contribution in [3.8, 4) is 17.6 Å². The van der Waals surface area contributed by atoms with Crippen LogP contribution in [0.4, 0.5) is 0 Å². The molecular weight excluding hydrogens is 315 g/mol. The van der Waals surface area contributed by atoms with Gasteiger partial charge in [0.15, 0.2) is 5.75 Å². The van der Waals surface area contributed by atoms with Crippen molar-refractivity contribution in [1.29, 1.82) is 5.26 Å². The first-order valence-corrected chi connectivity index (χ1v) is 7.22. The van der Waals surface area contributed by atoms with E-state index in [1.54, 1.807) is 18.2 Å². The fraction of sp³-hybridized carbons (Fsp3) is 0. The Bertz CT molecular complexity index is 839. The molecule has 0 radical (unpaired) electrons. The predicted molar refractivity (Wildman–Crippen MR) is 80.9 cm³/mol. The first-order chi connectivity index (χ1) is 9.69. The minimum absolute atomic E-state index is 0.367. The van der Waals surface area contributed by atoms with Crippen LogP contribution in [0.25, 0.3) is 10.2 Å². The van der Waals surface area contributed by atoms with Gasteiger partial charge < -0.3 is 4.74 Å². The van der Waals surface area contributed by atoms with Crippen molar-refractivity contribution in [2.24, 2.45) is 0 Å². The third kappa shape index (κ3) is 2.32. The maximum absolute atomic E-state index is 9.19. The van der Waals surface area contributed by atoms with Crippen LogP contribution in [0.1, 0.15) is 5.56 Å². The molecule has 0 fully saturated rings. The lowest BCUT2D eigenvalue weighted by Crippen LogP contribution is -1.91. The molecule has 0 saturated carbocycles. The maximum atomic E-state index is 9.19. The number of nitrogens with zero attached hydrogens (tertiary/aromatic N) is 2. The Morgan fingerprint density at radius 2 is 2.10 bits per heavy atom. The van der Waals surface area contributed by atoms with E-state index in [0.717, 1.165) is 10.2 Å². The smallest absolute Gasteiger partial charge is 0.166 e. The van der Waals surface area contributed by atoms with E-state index in [1.807, 2.05) is 11.4 Å². The third-order valence-corrected chi connectivity index (χ3v) is 4.09. The molecule has 0 saturated heterocycles. The highest BCUT2D eigenvalue weighted by Gasteiger charge is 2.14. The van der Waals surface area contributed by atoms with E-state index in [1.165, 1.54) is 17.5 Å². The number of hydrogen-bond acceptors (Lipinski definition) is 4. The average molecular weight is 321 g/mol. The van der Waals surface area contributed by atoms with Crippen LogP contribution in [-0.2, 0) is 0 Å². The van der Waals surface area contributed by atoms with E-state index in [9.17, 15) is 5.26 Å². The molecule has 0 N–H and O–H groups in total. The molecule has 0 amide bonds. The Labute approximate surface area is 129 Å². The van der Waals surface area contributed by atoms with Crippen LogP contribution in [0.5, 0.6) is 11.5 Å². The number of fused-ring (bicyclic) bond motifs is 1. The molecule has 2 aromatic heterocycles. The van der Waals surface area contributed by atoms with E-state index in [-0.39, 0.29) is 0 Å².